The summed E-state index contributed by atoms with van der Waals surface area (Å²) in [6.45, 7) is 2.30. The van der Waals surface area contributed by atoms with Gasteiger partial charge in [-0.3, -0.25) is 4.79 Å². The van der Waals surface area contributed by atoms with Gasteiger partial charge in [-0.25, -0.2) is 4.98 Å². The molecule has 6 nitrogen and oxygen atoms in total. The zero-order chi connectivity index (χ0) is 14.1. The minimum atomic E-state index is -0.539. The zero-order valence-corrected chi connectivity index (χ0v) is 11.9. The molecule has 2 atom stereocenters. The molecule has 0 aromatic carbocycles. The van der Waals surface area contributed by atoms with Crippen LogP contribution in [0.5, 0.6) is 0 Å². The predicted octanol–water partition coefficient (Wildman–Crippen LogP) is 1.27. The number of primary amides is 1. The maximum absolute atomic E-state index is 11.4. The summed E-state index contributed by atoms with van der Waals surface area (Å²) < 4.78 is 0. The van der Waals surface area contributed by atoms with Crippen molar-refractivity contribution in [3.8, 4) is 0 Å². The number of halogens is 1. The highest BCUT2D eigenvalue weighted by atomic mass is 35.5. The van der Waals surface area contributed by atoms with Crippen LogP contribution in [0, 0.1) is 0 Å². The quantitative estimate of drug-likeness (QED) is 0.820. The molecule has 2 saturated heterocycles. The number of amides is 1. The molecular weight excluding hydrogens is 278 g/mol. The highest BCUT2D eigenvalue weighted by Gasteiger charge is 2.32. The lowest BCUT2D eigenvalue weighted by atomic mass is 9.97. The maximum atomic E-state index is 11.4. The summed E-state index contributed by atoms with van der Waals surface area (Å²) in [5.74, 6) is -0.0867. The van der Waals surface area contributed by atoms with Crippen LogP contribution in [-0.2, 0) is 0 Å². The van der Waals surface area contributed by atoms with Gasteiger partial charge in [-0.2, -0.15) is 4.98 Å². The van der Waals surface area contributed by atoms with Gasteiger partial charge in [0.25, 0.3) is 5.91 Å². The normalized spacial score (nSPS) is 26.2. The molecule has 0 spiro atoms. The molecule has 3 heterocycles. The van der Waals surface area contributed by atoms with E-state index in [-0.39, 0.29) is 5.28 Å². The molecule has 20 heavy (non-hydrogen) atoms. The van der Waals surface area contributed by atoms with E-state index >= 15 is 0 Å². The Morgan fingerprint density at radius 1 is 1.45 bits per heavy atom. The number of piperidine rings is 1. The van der Waals surface area contributed by atoms with Gasteiger partial charge in [0, 0.05) is 24.8 Å². The van der Waals surface area contributed by atoms with E-state index in [0.717, 1.165) is 19.4 Å². The first kappa shape index (κ1) is 13.6. The van der Waals surface area contributed by atoms with Crippen molar-refractivity contribution in [3.63, 3.8) is 0 Å². The van der Waals surface area contributed by atoms with Crippen molar-refractivity contribution >= 4 is 23.3 Å². The molecule has 2 fully saturated rings. The molecule has 0 bridgehead atoms. The van der Waals surface area contributed by atoms with E-state index in [1.54, 1.807) is 0 Å². The van der Waals surface area contributed by atoms with Gasteiger partial charge in [-0.05, 0) is 43.8 Å². The van der Waals surface area contributed by atoms with E-state index in [4.69, 9.17) is 17.3 Å². The minimum Gasteiger partial charge on any atom is -0.366 e. The van der Waals surface area contributed by atoms with Crippen LogP contribution in [0.4, 0.5) is 5.82 Å². The Balaban J connectivity index is 1.74. The fourth-order valence-corrected chi connectivity index (χ4v) is 3.33. The summed E-state index contributed by atoms with van der Waals surface area (Å²) in [7, 11) is 0. The average molecular weight is 296 g/mol. The fraction of sp³-hybridized carbons (Fsp3) is 0.615. The monoisotopic (exact) mass is 295 g/mol. The van der Waals surface area contributed by atoms with Gasteiger partial charge in [0.1, 0.15) is 5.82 Å². The number of anilines is 1. The Morgan fingerprint density at radius 3 is 3.10 bits per heavy atom. The number of rotatable bonds is 3. The topological polar surface area (TPSA) is 84.1 Å². The molecule has 1 aromatic heterocycles. The van der Waals surface area contributed by atoms with Gasteiger partial charge >= 0.3 is 0 Å². The van der Waals surface area contributed by atoms with E-state index in [1.165, 1.54) is 25.6 Å². The lowest BCUT2D eigenvalue weighted by Crippen LogP contribution is -2.43. The SMILES string of the molecule is NC(=O)c1cnc(Cl)nc1N[C@H]1CCN2CCC[C@H]2C1. The van der Waals surface area contributed by atoms with Crippen molar-refractivity contribution < 1.29 is 4.79 Å². The van der Waals surface area contributed by atoms with Crippen LogP contribution in [0.25, 0.3) is 0 Å². The van der Waals surface area contributed by atoms with E-state index in [1.807, 2.05) is 0 Å². The van der Waals surface area contributed by atoms with Crippen molar-refractivity contribution in [3.05, 3.63) is 17.0 Å². The van der Waals surface area contributed by atoms with E-state index in [2.05, 4.69) is 20.2 Å². The molecule has 108 valence electrons. The molecule has 0 saturated carbocycles. The third kappa shape index (κ3) is 2.71. The molecule has 0 aliphatic carbocycles. The molecule has 2 aliphatic heterocycles. The molecule has 3 N–H and O–H groups in total. The van der Waals surface area contributed by atoms with E-state index in [9.17, 15) is 4.79 Å². The third-order valence-electron chi connectivity index (χ3n) is 4.19. The predicted molar refractivity (Wildman–Crippen MR) is 76.8 cm³/mol. The second-order valence-corrected chi connectivity index (χ2v) is 5.80. The number of fused-ring (bicyclic) bond motifs is 1. The first-order valence-corrected chi connectivity index (χ1v) is 7.34. The Bertz CT molecular complexity index is 523. The Labute approximate surface area is 122 Å². The standard InChI is InChI=1S/C13H18ClN5O/c14-13-16-7-10(11(15)20)12(18-13)17-8-3-5-19-4-1-2-9(19)6-8/h7-9H,1-6H2,(H2,15,20)(H,16,17,18)/t8-,9-/m0/s1. The lowest BCUT2D eigenvalue weighted by molar-refractivity contribution is 0.100. The second-order valence-electron chi connectivity index (χ2n) is 5.46. The van der Waals surface area contributed by atoms with Gasteiger partial charge in [0.15, 0.2) is 0 Å². The van der Waals surface area contributed by atoms with Crippen molar-refractivity contribution in [1.29, 1.82) is 0 Å². The molecular formula is C13H18ClN5O. The largest absolute Gasteiger partial charge is 0.366 e. The smallest absolute Gasteiger partial charge is 0.254 e. The number of carbonyl (C=O) groups is 1. The van der Waals surface area contributed by atoms with Crippen LogP contribution < -0.4 is 11.1 Å². The molecule has 1 aromatic rings. The molecule has 0 unspecified atom stereocenters. The summed E-state index contributed by atoms with van der Waals surface area (Å²) in [5, 5.41) is 3.44. The van der Waals surface area contributed by atoms with Gasteiger partial charge in [-0.15, -0.1) is 0 Å². The van der Waals surface area contributed by atoms with E-state index in [0.29, 0.717) is 23.5 Å². The van der Waals surface area contributed by atoms with Crippen molar-refractivity contribution in [1.82, 2.24) is 14.9 Å². The van der Waals surface area contributed by atoms with Crippen LogP contribution in [0.2, 0.25) is 5.28 Å². The number of nitrogens with one attached hydrogen (secondary N) is 1. The molecule has 0 radical (unpaired) electrons. The molecule has 2 aliphatic rings. The van der Waals surface area contributed by atoms with Crippen LogP contribution in [0.1, 0.15) is 36.0 Å². The Kier molecular flexibility index (Phi) is 3.76. The van der Waals surface area contributed by atoms with Crippen LogP contribution in [-0.4, -0.2) is 45.9 Å². The number of carbonyl (C=O) groups excluding carboxylic acids is 1. The average Bonchev–Trinajstić information content (AvgIpc) is 2.85. The Morgan fingerprint density at radius 2 is 2.30 bits per heavy atom. The number of aromatic nitrogens is 2. The highest BCUT2D eigenvalue weighted by Crippen LogP contribution is 2.28. The van der Waals surface area contributed by atoms with Crippen LogP contribution >= 0.6 is 11.6 Å². The molecule has 3 rings (SSSR count). The van der Waals surface area contributed by atoms with Gasteiger partial charge in [0.05, 0.1) is 5.56 Å². The van der Waals surface area contributed by atoms with Crippen LogP contribution in [0.15, 0.2) is 6.20 Å². The molecule has 7 heteroatoms. The number of nitrogens with zero attached hydrogens (tertiary/aromatic N) is 3. The zero-order valence-electron chi connectivity index (χ0n) is 11.2. The number of hydrogen-bond donors (Lipinski definition) is 2. The summed E-state index contributed by atoms with van der Waals surface area (Å²) in [6, 6.07) is 0.953. The van der Waals surface area contributed by atoms with Crippen molar-refractivity contribution in [2.24, 2.45) is 5.73 Å². The van der Waals surface area contributed by atoms with Gasteiger partial charge in [0.2, 0.25) is 5.28 Å². The highest BCUT2D eigenvalue weighted by molar-refractivity contribution is 6.28. The number of hydrogen-bond acceptors (Lipinski definition) is 5. The number of nitrogens with two attached hydrogens (primary N) is 1. The lowest BCUT2D eigenvalue weighted by Gasteiger charge is -2.35. The fourth-order valence-electron chi connectivity index (χ4n) is 3.20. The Hall–Kier alpha value is -1.40. The summed E-state index contributed by atoms with van der Waals surface area (Å²) in [5.41, 5.74) is 5.64. The van der Waals surface area contributed by atoms with Gasteiger partial charge < -0.3 is 16.0 Å². The summed E-state index contributed by atoms with van der Waals surface area (Å²) >= 11 is 5.81. The summed E-state index contributed by atoms with van der Waals surface area (Å²) in [4.78, 5) is 21.9. The first-order valence-electron chi connectivity index (χ1n) is 6.96. The van der Waals surface area contributed by atoms with Crippen molar-refractivity contribution in [2.45, 2.75) is 37.8 Å². The second kappa shape index (κ2) is 5.54. The maximum Gasteiger partial charge on any atom is 0.254 e. The third-order valence-corrected chi connectivity index (χ3v) is 4.37. The van der Waals surface area contributed by atoms with Crippen molar-refractivity contribution in [2.75, 3.05) is 18.4 Å². The first-order chi connectivity index (χ1) is 9.63. The van der Waals surface area contributed by atoms with Gasteiger partial charge in [-0.1, -0.05) is 0 Å². The molecule has 1 amide bonds. The minimum absolute atomic E-state index is 0.121. The van der Waals surface area contributed by atoms with Crippen LogP contribution in [0.3, 0.4) is 0 Å². The summed E-state index contributed by atoms with van der Waals surface area (Å²) in [6.07, 6.45) is 6.02. The van der Waals surface area contributed by atoms with E-state index < -0.39 is 5.91 Å².